The summed E-state index contributed by atoms with van der Waals surface area (Å²) in [6, 6.07) is 9.60. The predicted molar refractivity (Wildman–Crippen MR) is 120 cm³/mol. The minimum absolute atomic E-state index is 0. The second-order valence-electron chi connectivity index (χ2n) is 5.46. The van der Waals surface area contributed by atoms with Crippen LogP contribution >= 0.6 is 35.3 Å². The zero-order valence-corrected chi connectivity index (χ0v) is 18.8. The van der Waals surface area contributed by atoms with Gasteiger partial charge < -0.3 is 10.6 Å². The highest BCUT2D eigenvalue weighted by atomic mass is 127. The standard InChI is InChI=1S/C17H24N4O2S2.HI/c1-3-19-17(21-11-16-7-8-24-12-16)20-10-14-5-4-6-15(9-14)13-25(22,23)18-2;/h4-9,12,18H,3,10-11,13H2,1-2H3,(H2,19,20,21);1H. The third-order valence-corrected chi connectivity index (χ3v) is 5.53. The molecule has 2 rings (SSSR count). The Labute approximate surface area is 176 Å². The van der Waals surface area contributed by atoms with Crippen LogP contribution in [0.15, 0.2) is 46.1 Å². The lowest BCUT2D eigenvalue weighted by atomic mass is 10.1. The Kier molecular flexibility index (Phi) is 10.1. The number of hydrogen-bond acceptors (Lipinski definition) is 4. The van der Waals surface area contributed by atoms with Crippen LogP contribution in [0.2, 0.25) is 0 Å². The van der Waals surface area contributed by atoms with Gasteiger partial charge in [-0.15, -0.1) is 24.0 Å². The summed E-state index contributed by atoms with van der Waals surface area (Å²) in [4.78, 5) is 4.56. The molecule has 3 N–H and O–H groups in total. The molecule has 2 aromatic rings. The summed E-state index contributed by atoms with van der Waals surface area (Å²) in [5, 5.41) is 10.6. The predicted octanol–water partition coefficient (Wildman–Crippen LogP) is 2.67. The summed E-state index contributed by atoms with van der Waals surface area (Å²) in [6.45, 7) is 3.99. The Morgan fingerprint density at radius 2 is 1.92 bits per heavy atom. The van der Waals surface area contributed by atoms with E-state index in [1.807, 2.05) is 36.6 Å². The number of benzene rings is 1. The average Bonchev–Trinajstić information content (AvgIpc) is 3.11. The number of guanidine groups is 1. The molecule has 6 nitrogen and oxygen atoms in total. The van der Waals surface area contributed by atoms with Gasteiger partial charge in [0.05, 0.1) is 12.3 Å². The molecule has 0 aliphatic carbocycles. The second kappa shape index (κ2) is 11.5. The number of nitrogens with zero attached hydrogens (tertiary/aromatic N) is 1. The van der Waals surface area contributed by atoms with E-state index in [9.17, 15) is 8.42 Å². The average molecular weight is 508 g/mol. The Hall–Kier alpha value is -1.17. The Bertz CT molecular complexity index is 793. The highest BCUT2D eigenvalue weighted by molar-refractivity contribution is 14.0. The van der Waals surface area contributed by atoms with Crippen molar-refractivity contribution in [3.8, 4) is 0 Å². The lowest BCUT2D eigenvalue weighted by molar-refractivity contribution is 0.587. The molecular formula is C17H25IN4O2S2. The molecule has 0 aliphatic rings. The molecule has 144 valence electrons. The molecule has 0 saturated carbocycles. The van der Waals surface area contributed by atoms with Gasteiger partial charge in [0.2, 0.25) is 10.0 Å². The Morgan fingerprint density at radius 3 is 2.58 bits per heavy atom. The summed E-state index contributed by atoms with van der Waals surface area (Å²) < 4.78 is 25.7. The van der Waals surface area contributed by atoms with Gasteiger partial charge in [0.1, 0.15) is 0 Å². The number of thiophene rings is 1. The van der Waals surface area contributed by atoms with Gasteiger partial charge in [-0.2, -0.15) is 11.3 Å². The molecule has 0 spiro atoms. The fraction of sp³-hybridized carbons (Fsp3) is 0.353. The molecule has 9 heteroatoms. The fourth-order valence-electron chi connectivity index (χ4n) is 2.20. The summed E-state index contributed by atoms with van der Waals surface area (Å²) in [5.41, 5.74) is 2.94. The van der Waals surface area contributed by atoms with Crippen molar-refractivity contribution in [1.29, 1.82) is 0 Å². The number of halogens is 1. The van der Waals surface area contributed by atoms with E-state index in [-0.39, 0.29) is 29.7 Å². The molecule has 0 aliphatic heterocycles. The second-order valence-corrected chi connectivity index (χ2v) is 8.17. The van der Waals surface area contributed by atoms with Crippen molar-refractivity contribution in [2.24, 2.45) is 4.99 Å². The van der Waals surface area contributed by atoms with Crippen LogP contribution in [-0.4, -0.2) is 28.0 Å². The largest absolute Gasteiger partial charge is 0.357 e. The SMILES string of the molecule is CCNC(=NCc1ccsc1)NCc1cccc(CS(=O)(=O)NC)c1.I. The van der Waals surface area contributed by atoms with Crippen LogP contribution in [0.5, 0.6) is 0 Å². The van der Waals surface area contributed by atoms with Gasteiger partial charge in [0.15, 0.2) is 5.96 Å². The highest BCUT2D eigenvalue weighted by Gasteiger charge is 2.09. The van der Waals surface area contributed by atoms with Crippen LogP contribution in [0.25, 0.3) is 0 Å². The van der Waals surface area contributed by atoms with Gasteiger partial charge in [-0.1, -0.05) is 24.3 Å². The first kappa shape index (κ1) is 22.9. The van der Waals surface area contributed by atoms with Gasteiger partial charge >= 0.3 is 0 Å². The normalized spacial score (nSPS) is 11.7. The summed E-state index contributed by atoms with van der Waals surface area (Å²) in [5.74, 6) is 0.714. The molecule has 0 amide bonds. The maximum absolute atomic E-state index is 11.7. The van der Waals surface area contributed by atoms with Crippen molar-refractivity contribution in [2.45, 2.75) is 25.8 Å². The maximum atomic E-state index is 11.7. The van der Waals surface area contributed by atoms with E-state index < -0.39 is 10.0 Å². The lowest BCUT2D eigenvalue weighted by Gasteiger charge is -2.12. The van der Waals surface area contributed by atoms with E-state index in [1.165, 1.54) is 12.6 Å². The Morgan fingerprint density at radius 1 is 1.15 bits per heavy atom. The van der Waals surface area contributed by atoms with Crippen molar-refractivity contribution in [2.75, 3.05) is 13.6 Å². The van der Waals surface area contributed by atoms with Gasteiger partial charge in [-0.05, 0) is 47.5 Å². The number of aliphatic imine (C=N–C) groups is 1. The summed E-state index contributed by atoms with van der Waals surface area (Å²) in [6.07, 6.45) is 0. The summed E-state index contributed by atoms with van der Waals surface area (Å²) in [7, 11) is -1.84. The molecule has 0 unspecified atom stereocenters. The first-order valence-corrected chi connectivity index (χ1v) is 10.6. The monoisotopic (exact) mass is 508 g/mol. The van der Waals surface area contributed by atoms with Crippen LogP contribution in [-0.2, 0) is 28.9 Å². The molecule has 1 heterocycles. The van der Waals surface area contributed by atoms with Crippen molar-refractivity contribution >= 4 is 51.3 Å². The van der Waals surface area contributed by atoms with Crippen LogP contribution in [0, 0.1) is 0 Å². The molecule has 0 fully saturated rings. The third-order valence-electron chi connectivity index (χ3n) is 3.46. The minimum Gasteiger partial charge on any atom is -0.357 e. The van der Waals surface area contributed by atoms with E-state index >= 15 is 0 Å². The van der Waals surface area contributed by atoms with Crippen LogP contribution in [0.3, 0.4) is 0 Å². The third kappa shape index (κ3) is 8.02. The number of hydrogen-bond donors (Lipinski definition) is 3. The van der Waals surface area contributed by atoms with E-state index in [4.69, 9.17) is 0 Å². The number of nitrogens with one attached hydrogen (secondary N) is 3. The molecule has 1 aromatic carbocycles. The smallest absolute Gasteiger partial charge is 0.215 e. The lowest BCUT2D eigenvalue weighted by Crippen LogP contribution is -2.36. The first-order valence-electron chi connectivity index (χ1n) is 8.04. The zero-order valence-electron chi connectivity index (χ0n) is 14.9. The van der Waals surface area contributed by atoms with Crippen LogP contribution < -0.4 is 15.4 Å². The number of rotatable bonds is 8. The van der Waals surface area contributed by atoms with Gasteiger partial charge in [-0.25, -0.2) is 18.1 Å². The van der Waals surface area contributed by atoms with Crippen molar-refractivity contribution in [1.82, 2.24) is 15.4 Å². The molecule has 0 saturated heterocycles. The van der Waals surface area contributed by atoms with E-state index in [0.29, 0.717) is 13.1 Å². The molecule has 26 heavy (non-hydrogen) atoms. The molecule has 0 radical (unpaired) electrons. The van der Waals surface area contributed by atoms with Gasteiger partial charge in [0.25, 0.3) is 0 Å². The highest BCUT2D eigenvalue weighted by Crippen LogP contribution is 2.09. The van der Waals surface area contributed by atoms with E-state index in [0.717, 1.165) is 23.6 Å². The first-order chi connectivity index (χ1) is 12.0. The van der Waals surface area contributed by atoms with Crippen molar-refractivity contribution in [3.05, 3.63) is 57.8 Å². The topological polar surface area (TPSA) is 82.6 Å². The zero-order chi connectivity index (χ0) is 18.1. The maximum Gasteiger partial charge on any atom is 0.215 e. The molecule has 0 atom stereocenters. The van der Waals surface area contributed by atoms with Gasteiger partial charge in [0, 0.05) is 13.1 Å². The van der Waals surface area contributed by atoms with Crippen molar-refractivity contribution < 1.29 is 8.42 Å². The van der Waals surface area contributed by atoms with Gasteiger partial charge in [-0.3, -0.25) is 0 Å². The quantitative estimate of drug-likeness (QED) is 0.291. The molecule has 0 bridgehead atoms. The van der Waals surface area contributed by atoms with Crippen molar-refractivity contribution in [3.63, 3.8) is 0 Å². The summed E-state index contributed by atoms with van der Waals surface area (Å²) >= 11 is 1.66. The van der Waals surface area contributed by atoms with Crippen LogP contribution in [0.4, 0.5) is 0 Å². The minimum atomic E-state index is -3.27. The van der Waals surface area contributed by atoms with E-state index in [1.54, 1.807) is 11.3 Å². The molecule has 1 aromatic heterocycles. The Balaban J connectivity index is 0.00000338. The fourth-order valence-corrected chi connectivity index (χ4v) is 3.62. The molecular weight excluding hydrogens is 483 g/mol. The number of sulfonamides is 1. The van der Waals surface area contributed by atoms with E-state index in [2.05, 4.69) is 31.8 Å². The van der Waals surface area contributed by atoms with Crippen LogP contribution in [0.1, 0.15) is 23.6 Å².